The lowest BCUT2D eigenvalue weighted by Gasteiger charge is -2.44. The lowest BCUT2D eigenvalue weighted by atomic mass is 10.1. The van der Waals surface area contributed by atoms with Crippen LogP contribution < -0.4 is 5.32 Å². The van der Waals surface area contributed by atoms with Gasteiger partial charge in [-0.15, -0.1) is 0 Å². The molecule has 0 saturated carbocycles. The van der Waals surface area contributed by atoms with E-state index in [-0.39, 0.29) is 0 Å². The van der Waals surface area contributed by atoms with Gasteiger partial charge in [0.2, 0.25) is 0 Å². The largest absolute Gasteiger partial charge is 0.355 e. The van der Waals surface area contributed by atoms with Crippen LogP contribution in [-0.2, 0) is 0 Å². The average molecular weight is 379 g/mol. The van der Waals surface area contributed by atoms with E-state index in [1.807, 2.05) is 0 Å². The van der Waals surface area contributed by atoms with Crippen molar-refractivity contribution < 1.29 is 0 Å². The highest BCUT2D eigenvalue weighted by Gasteiger charge is 2.31. The number of nitrogens with zero attached hydrogens (tertiary/aromatic N) is 3. The van der Waals surface area contributed by atoms with Gasteiger partial charge >= 0.3 is 0 Å². The molecule has 0 amide bonds. The predicted octanol–water partition coefficient (Wildman–Crippen LogP) is 2.95. The maximum atomic E-state index is 5.62. The highest BCUT2D eigenvalue weighted by atomic mass is 32.2. The quantitative estimate of drug-likeness (QED) is 0.704. The van der Waals surface area contributed by atoms with Gasteiger partial charge in [0.15, 0.2) is 0 Å². The standard InChI is InChI=1S/C14H26N4S4/c1-4-11(18-8-16(5-2)9-22-14(18)20)7-12-15-13(19)21-10-17(12)6-3/h11-12H,4-10H2,1-3H3,(H,15,19). The molecule has 2 aliphatic rings. The van der Waals surface area contributed by atoms with Crippen LogP contribution in [0.4, 0.5) is 0 Å². The molecule has 0 aromatic carbocycles. The van der Waals surface area contributed by atoms with Crippen molar-refractivity contribution in [3.8, 4) is 0 Å². The first-order chi connectivity index (χ1) is 10.6. The van der Waals surface area contributed by atoms with Crippen molar-refractivity contribution in [3.05, 3.63) is 0 Å². The van der Waals surface area contributed by atoms with Crippen LogP contribution in [0.3, 0.4) is 0 Å². The van der Waals surface area contributed by atoms with E-state index in [0.29, 0.717) is 12.2 Å². The van der Waals surface area contributed by atoms with Crippen molar-refractivity contribution in [2.75, 3.05) is 31.5 Å². The average Bonchev–Trinajstić information content (AvgIpc) is 2.53. The highest BCUT2D eigenvalue weighted by Crippen LogP contribution is 2.26. The Morgan fingerprint density at radius 2 is 1.95 bits per heavy atom. The molecule has 4 nitrogen and oxygen atoms in total. The summed E-state index contributed by atoms with van der Waals surface area (Å²) in [6.45, 7) is 9.76. The summed E-state index contributed by atoms with van der Waals surface area (Å²) in [4.78, 5) is 7.31. The van der Waals surface area contributed by atoms with Crippen LogP contribution in [0, 0.1) is 0 Å². The van der Waals surface area contributed by atoms with Gasteiger partial charge in [-0.25, -0.2) is 0 Å². The van der Waals surface area contributed by atoms with Crippen molar-refractivity contribution in [1.82, 2.24) is 20.0 Å². The fraction of sp³-hybridized carbons (Fsp3) is 0.857. The van der Waals surface area contributed by atoms with E-state index in [2.05, 4.69) is 40.8 Å². The van der Waals surface area contributed by atoms with Gasteiger partial charge in [0, 0.05) is 12.5 Å². The number of nitrogens with one attached hydrogen (secondary N) is 1. The SMILES string of the molecule is CCC(CC1NC(=S)SCN1CC)N1CN(CC)CSC1=S. The first kappa shape index (κ1) is 18.7. The van der Waals surface area contributed by atoms with Gasteiger partial charge in [0.05, 0.1) is 24.6 Å². The van der Waals surface area contributed by atoms with Crippen molar-refractivity contribution in [3.63, 3.8) is 0 Å². The summed E-state index contributed by atoms with van der Waals surface area (Å²) in [7, 11) is 0. The second-order valence-electron chi connectivity index (χ2n) is 5.56. The summed E-state index contributed by atoms with van der Waals surface area (Å²) in [6.07, 6.45) is 2.49. The van der Waals surface area contributed by atoms with Gasteiger partial charge < -0.3 is 10.2 Å². The second-order valence-corrected chi connectivity index (χ2v) is 8.76. The molecule has 8 heteroatoms. The molecule has 2 heterocycles. The van der Waals surface area contributed by atoms with Gasteiger partial charge in [-0.3, -0.25) is 9.80 Å². The second kappa shape index (κ2) is 9.03. The van der Waals surface area contributed by atoms with Crippen LogP contribution in [0.5, 0.6) is 0 Å². The van der Waals surface area contributed by atoms with E-state index < -0.39 is 0 Å². The summed E-state index contributed by atoms with van der Waals surface area (Å²) in [5.41, 5.74) is 0. The summed E-state index contributed by atoms with van der Waals surface area (Å²) in [5, 5.41) is 3.49. The number of thiocarbonyl (C=S) groups is 2. The molecule has 1 N–H and O–H groups in total. The molecule has 2 rings (SSSR count). The molecule has 2 aliphatic heterocycles. The Balaban J connectivity index is 2.03. The van der Waals surface area contributed by atoms with Gasteiger partial charge in [-0.1, -0.05) is 68.7 Å². The van der Waals surface area contributed by atoms with E-state index in [9.17, 15) is 0 Å². The summed E-state index contributed by atoms with van der Waals surface area (Å²) < 4.78 is 1.97. The molecule has 2 fully saturated rings. The van der Waals surface area contributed by atoms with Crippen molar-refractivity contribution in [1.29, 1.82) is 0 Å². The van der Waals surface area contributed by atoms with E-state index >= 15 is 0 Å². The van der Waals surface area contributed by atoms with Crippen molar-refractivity contribution in [2.24, 2.45) is 0 Å². The van der Waals surface area contributed by atoms with Crippen molar-refractivity contribution >= 4 is 56.6 Å². The number of rotatable bonds is 6. The van der Waals surface area contributed by atoms with Crippen LogP contribution in [-0.4, -0.2) is 67.1 Å². The molecule has 0 bridgehead atoms. The summed E-state index contributed by atoms with van der Waals surface area (Å²) in [5.74, 6) is 2.01. The smallest absolute Gasteiger partial charge is 0.138 e. The Bertz CT molecular complexity index is 406. The number of hydrogen-bond donors (Lipinski definition) is 1. The molecular weight excluding hydrogens is 352 g/mol. The van der Waals surface area contributed by atoms with E-state index in [4.69, 9.17) is 24.4 Å². The van der Waals surface area contributed by atoms with E-state index in [1.54, 1.807) is 23.5 Å². The molecule has 2 saturated heterocycles. The fourth-order valence-electron chi connectivity index (χ4n) is 2.79. The van der Waals surface area contributed by atoms with Gasteiger partial charge in [0.1, 0.15) is 8.64 Å². The summed E-state index contributed by atoms with van der Waals surface area (Å²) >= 11 is 14.5. The Hall–Kier alpha value is 0.400. The fourth-order valence-corrected chi connectivity index (χ4v) is 5.25. The minimum absolute atomic E-state index is 0.327. The molecule has 22 heavy (non-hydrogen) atoms. The first-order valence-corrected chi connectivity index (χ1v) is 10.7. The van der Waals surface area contributed by atoms with E-state index in [1.165, 1.54) is 0 Å². The van der Waals surface area contributed by atoms with Gasteiger partial charge in [-0.2, -0.15) is 0 Å². The van der Waals surface area contributed by atoms with Crippen LogP contribution in [0.25, 0.3) is 0 Å². The minimum Gasteiger partial charge on any atom is -0.355 e. The number of hydrogen-bond acceptors (Lipinski definition) is 6. The topological polar surface area (TPSA) is 21.8 Å². The minimum atomic E-state index is 0.327. The molecule has 0 aromatic heterocycles. The van der Waals surface area contributed by atoms with Crippen molar-refractivity contribution in [2.45, 2.75) is 45.8 Å². The zero-order valence-corrected chi connectivity index (χ0v) is 16.8. The number of thioether (sulfide) groups is 2. The van der Waals surface area contributed by atoms with Crippen LogP contribution in [0.2, 0.25) is 0 Å². The van der Waals surface area contributed by atoms with E-state index in [0.717, 1.165) is 53.0 Å². The third-order valence-electron chi connectivity index (χ3n) is 4.30. The maximum Gasteiger partial charge on any atom is 0.138 e. The zero-order valence-electron chi connectivity index (χ0n) is 13.6. The van der Waals surface area contributed by atoms with Crippen LogP contribution in [0.1, 0.15) is 33.6 Å². The predicted molar refractivity (Wildman–Crippen MR) is 107 cm³/mol. The zero-order chi connectivity index (χ0) is 16.1. The monoisotopic (exact) mass is 378 g/mol. The molecule has 0 spiro atoms. The van der Waals surface area contributed by atoms with Gasteiger partial charge in [0.25, 0.3) is 0 Å². The maximum absolute atomic E-state index is 5.62. The molecule has 0 aromatic rings. The lowest BCUT2D eigenvalue weighted by molar-refractivity contribution is 0.131. The molecule has 0 radical (unpaired) electrons. The van der Waals surface area contributed by atoms with Gasteiger partial charge in [-0.05, 0) is 19.5 Å². The first-order valence-electron chi connectivity index (χ1n) is 7.92. The molecular formula is C14H26N4S4. The third kappa shape index (κ3) is 4.70. The van der Waals surface area contributed by atoms with Crippen LogP contribution >= 0.6 is 48.0 Å². The Labute approximate surface area is 153 Å². The molecule has 0 aliphatic carbocycles. The lowest BCUT2D eigenvalue weighted by Crippen LogP contribution is -2.56. The highest BCUT2D eigenvalue weighted by molar-refractivity contribution is 8.23. The molecule has 126 valence electrons. The summed E-state index contributed by atoms with van der Waals surface area (Å²) in [6, 6.07) is 0.465. The molecule has 2 unspecified atom stereocenters. The third-order valence-corrected chi connectivity index (χ3v) is 7.18. The van der Waals surface area contributed by atoms with Crippen LogP contribution in [0.15, 0.2) is 0 Å². The Morgan fingerprint density at radius 1 is 1.18 bits per heavy atom. The Kier molecular flexibility index (Phi) is 7.69. The Morgan fingerprint density at radius 3 is 2.59 bits per heavy atom. The molecule has 2 atom stereocenters. The normalized spacial score (nSPS) is 26.1.